The minimum absolute atomic E-state index is 0.0291. The first kappa shape index (κ1) is 18.9. The molecule has 0 bridgehead atoms. The summed E-state index contributed by atoms with van der Waals surface area (Å²) in [6, 6.07) is 10.6. The molecule has 4 rings (SSSR count). The van der Waals surface area contributed by atoms with Crippen molar-refractivity contribution in [2.45, 2.75) is 13.3 Å². The lowest BCUT2D eigenvalue weighted by molar-refractivity contribution is -0.117. The Balaban J connectivity index is 1.51. The SMILES string of the molecule is Cc1cccc(Cl)c1NC(=O)c1ccc2nc(NC(=O)[C@H]3C[C@@H]3CO)sc2c1. The molecule has 1 fully saturated rings. The Morgan fingerprint density at radius 3 is 2.82 bits per heavy atom. The summed E-state index contributed by atoms with van der Waals surface area (Å²) in [4.78, 5) is 29.2. The van der Waals surface area contributed by atoms with Crippen LogP contribution in [0.3, 0.4) is 0 Å². The van der Waals surface area contributed by atoms with E-state index in [9.17, 15) is 9.59 Å². The Hall–Kier alpha value is -2.48. The number of aliphatic hydroxyl groups excluding tert-OH is 1. The maximum Gasteiger partial charge on any atom is 0.255 e. The first-order valence-corrected chi connectivity index (χ1v) is 10.0. The third kappa shape index (κ3) is 3.73. The predicted octanol–water partition coefficient (Wildman–Crippen LogP) is 4.08. The van der Waals surface area contributed by atoms with Crippen LogP contribution in [-0.4, -0.2) is 28.5 Å². The number of para-hydroxylation sites is 1. The lowest BCUT2D eigenvalue weighted by Gasteiger charge is -2.10. The monoisotopic (exact) mass is 415 g/mol. The minimum atomic E-state index is -0.263. The Kier molecular flexibility index (Phi) is 5.05. The van der Waals surface area contributed by atoms with Gasteiger partial charge in [-0.2, -0.15) is 0 Å². The highest BCUT2D eigenvalue weighted by atomic mass is 35.5. The maximum atomic E-state index is 12.6. The number of aryl methyl sites for hydroxylation is 1. The number of benzene rings is 2. The van der Waals surface area contributed by atoms with Crippen molar-refractivity contribution in [1.29, 1.82) is 0 Å². The molecule has 2 amide bonds. The Morgan fingerprint density at radius 1 is 1.29 bits per heavy atom. The predicted molar refractivity (Wildman–Crippen MR) is 111 cm³/mol. The number of hydrogen-bond acceptors (Lipinski definition) is 5. The Bertz CT molecular complexity index is 1060. The summed E-state index contributed by atoms with van der Waals surface area (Å²) in [5, 5.41) is 15.7. The van der Waals surface area contributed by atoms with E-state index < -0.39 is 0 Å². The van der Waals surface area contributed by atoms with E-state index in [0.717, 1.165) is 10.3 Å². The summed E-state index contributed by atoms with van der Waals surface area (Å²) in [6.45, 7) is 1.91. The molecule has 3 N–H and O–H groups in total. The number of carbonyl (C=O) groups excluding carboxylic acids is 2. The highest BCUT2D eigenvalue weighted by molar-refractivity contribution is 7.22. The molecule has 0 spiro atoms. The summed E-state index contributed by atoms with van der Waals surface area (Å²) < 4.78 is 0.799. The summed E-state index contributed by atoms with van der Waals surface area (Å²) in [7, 11) is 0. The molecule has 8 heteroatoms. The number of aromatic nitrogens is 1. The van der Waals surface area contributed by atoms with Gasteiger partial charge in [-0.3, -0.25) is 9.59 Å². The van der Waals surface area contributed by atoms with Gasteiger partial charge in [-0.1, -0.05) is 35.1 Å². The Labute approximate surface area is 170 Å². The van der Waals surface area contributed by atoms with Crippen molar-refractivity contribution in [2.24, 2.45) is 11.8 Å². The highest BCUT2D eigenvalue weighted by Crippen LogP contribution is 2.39. The molecule has 0 unspecified atom stereocenters. The van der Waals surface area contributed by atoms with Gasteiger partial charge in [-0.25, -0.2) is 4.98 Å². The lowest BCUT2D eigenvalue weighted by Crippen LogP contribution is -2.15. The van der Waals surface area contributed by atoms with Gasteiger partial charge in [-0.05, 0) is 49.1 Å². The molecule has 1 aromatic heterocycles. The fraction of sp³-hybridized carbons (Fsp3) is 0.250. The number of thiazole rings is 1. The zero-order valence-corrected chi connectivity index (χ0v) is 16.6. The van der Waals surface area contributed by atoms with Gasteiger partial charge < -0.3 is 15.7 Å². The summed E-state index contributed by atoms with van der Waals surface area (Å²) in [6.07, 6.45) is 0.707. The number of halogens is 1. The summed E-state index contributed by atoms with van der Waals surface area (Å²) in [5.74, 6) is -0.471. The molecular formula is C20H18ClN3O3S. The fourth-order valence-corrected chi connectivity index (χ4v) is 4.24. The molecule has 1 aliphatic rings. The highest BCUT2D eigenvalue weighted by Gasteiger charge is 2.42. The van der Waals surface area contributed by atoms with E-state index in [2.05, 4.69) is 15.6 Å². The largest absolute Gasteiger partial charge is 0.396 e. The van der Waals surface area contributed by atoms with Crippen LogP contribution in [0.4, 0.5) is 10.8 Å². The van der Waals surface area contributed by atoms with E-state index in [0.29, 0.717) is 33.3 Å². The molecule has 0 radical (unpaired) electrons. The van der Waals surface area contributed by atoms with Crippen molar-refractivity contribution in [3.8, 4) is 0 Å². The van der Waals surface area contributed by atoms with Crippen molar-refractivity contribution in [3.05, 3.63) is 52.5 Å². The molecule has 2 aromatic carbocycles. The van der Waals surface area contributed by atoms with Gasteiger partial charge in [0.25, 0.3) is 5.91 Å². The fourth-order valence-electron chi connectivity index (χ4n) is 3.06. The quantitative estimate of drug-likeness (QED) is 0.585. The van der Waals surface area contributed by atoms with Crippen molar-refractivity contribution in [2.75, 3.05) is 17.2 Å². The van der Waals surface area contributed by atoms with Gasteiger partial charge in [0.1, 0.15) is 0 Å². The molecule has 2 atom stereocenters. The van der Waals surface area contributed by atoms with Crippen LogP contribution >= 0.6 is 22.9 Å². The van der Waals surface area contributed by atoms with Gasteiger partial charge in [0.05, 0.1) is 20.9 Å². The van der Waals surface area contributed by atoms with E-state index in [1.54, 1.807) is 24.3 Å². The van der Waals surface area contributed by atoms with Crippen molar-refractivity contribution in [1.82, 2.24) is 4.98 Å². The second-order valence-corrected chi connectivity index (χ2v) is 8.30. The van der Waals surface area contributed by atoms with E-state index >= 15 is 0 Å². The number of carbonyl (C=O) groups is 2. The van der Waals surface area contributed by atoms with Crippen LogP contribution in [-0.2, 0) is 4.79 Å². The first-order valence-electron chi connectivity index (χ1n) is 8.85. The second-order valence-electron chi connectivity index (χ2n) is 6.86. The number of fused-ring (bicyclic) bond motifs is 1. The smallest absolute Gasteiger partial charge is 0.255 e. The van der Waals surface area contributed by atoms with Gasteiger partial charge >= 0.3 is 0 Å². The molecule has 1 heterocycles. The maximum absolute atomic E-state index is 12.6. The summed E-state index contributed by atoms with van der Waals surface area (Å²) >= 11 is 7.49. The zero-order valence-electron chi connectivity index (χ0n) is 15.0. The molecular weight excluding hydrogens is 398 g/mol. The first-order chi connectivity index (χ1) is 13.5. The number of rotatable bonds is 5. The van der Waals surface area contributed by atoms with Crippen LogP contribution in [0.15, 0.2) is 36.4 Å². The molecule has 6 nitrogen and oxygen atoms in total. The van der Waals surface area contributed by atoms with Crippen molar-refractivity contribution < 1.29 is 14.7 Å². The number of nitrogens with zero attached hydrogens (tertiary/aromatic N) is 1. The van der Waals surface area contributed by atoms with Crippen molar-refractivity contribution >= 4 is 55.8 Å². The number of aliphatic hydroxyl groups is 1. The molecule has 1 aliphatic carbocycles. The number of hydrogen-bond donors (Lipinski definition) is 3. The second kappa shape index (κ2) is 7.50. The number of nitrogens with one attached hydrogen (secondary N) is 2. The third-order valence-corrected chi connectivity index (χ3v) is 6.08. The van der Waals surface area contributed by atoms with Crippen LogP contribution in [0.2, 0.25) is 5.02 Å². The molecule has 3 aromatic rings. The summed E-state index contributed by atoms with van der Waals surface area (Å²) in [5.41, 5.74) is 2.66. The number of amides is 2. The van der Waals surface area contributed by atoms with E-state index in [1.165, 1.54) is 11.3 Å². The Morgan fingerprint density at radius 2 is 2.11 bits per heavy atom. The lowest BCUT2D eigenvalue weighted by atomic mass is 10.1. The average molecular weight is 416 g/mol. The van der Waals surface area contributed by atoms with E-state index in [4.69, 9.17) is 16.7 Å². The van der Waals surface area contributed by atoms with Crippen LogP contribution in [0.1, 0.15) is 22.3 Å². The van der Waals surface area contributed by atoms with Crippen LogP contribution < -0.4 is 10.6 Å². The minimum Gasteiger partial charge on any atom is -0.396 e. The van der Waals surface area contributed by atoms with Crippen LogP contribution in [0.25, 0.3) is 10.2 Å². The van der Waals surface area contributed by atoms with Crippen LogP contribution in [0, 0.1) is 18.8 Å². The van der Waals surface area contributed by atoms with Gasteiger partial charge in [0, 0.05) is 18.1 Å². The van der Waals surface area contributed by atoms with Gasteiger partial charge in [0.15, 0.2) is 5.13 Å². The van der Waals surface area contributed by atoms with Crippen LogP contribution in [0.5, 0.6) is 0 Å². The normalized spacial score (nSPS) is 18.1. The van der Waals surface area contributed by atoms with Gasteiger partial charge in [0.2, 0.25) is 5.91 Å². The standard InChI is InChI=1S/C20H18ClN3O3S/c1-10-3-2-4-14(21)17(10)23-18(26)11-5-6-15-16(8-11)28-20(22-15)24-19(27)13-7-12(13)9-25/h2-6,8,12-13,25H,7,9H2,1H3,(H,23,26)(H,22,24,27)/t12-,13+/m1/s1. The van der Waals surface area contributed by atoms with E-state index in [1.807, 2.05) is 19.1 Å². The third-order valence-electron chi connectivity index (χ3n) is 4.84. The molecule has 0 aliphatic heterocycles. The average Bonchev–Trinajstić information content (AvgIpc) is 3.36. The molecule has 1 saturated carbocycles. The topological polar surface area (TPSA) is 91.3 Å². The molecule has 28 heavy (non-hydrogen) atoms. The number of anilines is 2. The molecule has 144 valence electrons. The van der Waals surface area contributed by atoms with Gasteiger partial charge in [-0.15, -0.1) is 0 Å². The van der Waals surface area contributed by atoms with E-state index in [-0.39, 0.29) is 30.3 Å². The zero-order chi connectivity index (χ0) is 19.8. The molecule has 0 saturated heterocycles. The van der Waals surface area contributed by atoms with Crippen molar-refractivity contribution in [3.63, 3.8) is 0 Å².